The lowest BCUT2D eigenvalue weighted by molar-refractivity contribution is 0.0538. The van der Waals surface area contributed by atoms with Gasteiger partial charge in [0.15, 0.2) is 0 Å². The zero-order chi connectivity index (χ0) is 18.1. The van der Waals surface area contributed by atoms with E-state index in [1.165, 1.54) is 17.4 Å². The minimum Gasteiger partial charge on any atom is -0.335 e. The summed E-state index contributed by atoms with van der Waals surface area (Å²) in [5, 5.41) is 0.485. The summed E-state index contributed by atoms with van der Waals surface area (Å²) in [6, 6.07) is 15.6. The third-order valence-corrected chi connectivity index (χ3v) is 5.68. The fourth-order valence-electron chi connectivity index (χ4n) is 3.16. The topological polar surface area (TPSA) is 40.6 Å². The second-order valence-corrected chi connectivity index (χ2v) is 7.30. The van der Waals surface area contributed by atoms with E-state index in [2.05, 4.69) is 0 Å². The van der Waals surface area contributed by atoms with E-state index in [1.807, 2.05) is 24.3 Å². The molecule has 0 bridgehead atoms. The molecule has 0 atom stereocenters. The second-order valence-electron chi connectivity index (χ2n) is 6.21. The molecule has 1 aromatic heterocycles. The van der Waals surface area contributed by atoms with Gasteiger partial charge >= 0.3 is 0 Å². The molecule has 0 unspecified atom stereocenters. The third-order valence-electron chi connectivity index (χ3n) is 4.59. The molecular weight excluding hydrogens is 351 g/mol. The Morgan fingerprint density at radius 1 is 0.846 bits per heavy atom. The number of carbonyl (C=O) groups is 2. The Morgan fingerprint density at radius 2 is 1.50 bits per heavy atom. The third kappa shape index (κ3) is 3.08. The van der Waals surface area contributed by atoms with E-state index in [9.17, 15) is 14.0 Å². The summed E-state index contributed by atoms with van der Waals surface area (Å²) >= 11 is 1.31. The van der Waals surface area contributed by atoms with Crippen molar-refractivity contribution in [1.82, 2.24) is 9.80 Å². The van der Waals surface area contributed by atoms with Crippen LogP contribution in [0.25, 0.3) is 10.1 Å². The standard InChI is InChI=1S/C20H17FN2O2S/c21-16-7-4-8-17-15(16)13-18(26-17)20(25)23-11-9-22(10-12-23)19(24)14-5-2-1-3-6-14/h1-8,13H,9-12H2. The van der Waals surface area contributed by atoms with Crippen LogP contribution in [0.5, 0.6) is 0 Å². The van der Waals surface area contributed by atoms with E-state index in [0.717, 1.165) is 4.70 Å². The van der Waals surface area contributed by atoms with Gasteiger partial charge in [-0.1, -0.05) is 24.3 Å². The van der Waals surface area contributed by atoms with E-state index < -0.39 is 0 Å². The normalized spacial score (nSPS) is 14.7. The Kier molecular flexibility index (Phi) is 4.42. The van der Waals surface area contributed by atoms with Crippen LogP contribution >= 0.6 is 11.3 Å². The van der Waals surface area contributed by atoms with Crippen molar-refractivity contribution in [3.63, 3.8) is 0 Å². The van der Waals surface area contributed by atoms with E-state index in [-0.39, 0.29) is 17.6 Å². The number of benzene rings is 2. The number of fused-ring (bicyclic) bond motifs is 1. The maximum absolute atomic E-state index is 13.8. The van der Waals surface area contributed by atoms with Crippen molar-refractivity contribution in [2.24, 2.45) is 0 Å². The fourth-order valence-corrected chi connectivity index (χ4v) is 4.21. The number of hydrogen-bond acceptors (Lipinski definition) is 3. The molecule has 4 rings (SSSR count). The molecule has 0 N–H and O–H groups in total. The lowest BCUT2D eigenvalue weighted by atomic mass is 10.2. The summed E-state index contributed by atoms with van der Waals surface area (Å²) in [5.74, 6) is -0.421. The number of amides is 2. The van der Waals surface area contributed by atoms with Crippen LogP contribution in [0.4, 0.5) is 4.39 Å². The summed E-state index contributed by atoms with van der Waals surface area (Å²) < 4.78 is 14.6. The van der Waals surface area contributed by atoms with Crippen LogP contribution in [0.3, 0.4) is 0 Å². The van der Waals surface area contributed by atoms with Gasteiger partial charge in [-0.3, -0.25) is 9.59 Å². The van der Waals surface area contributed by atoms with Gasteiger partial charge < -0.3 is 9.80 Å². The molecule has 0 spiro atoms. The van der Waals surface area contributed by atoms with Crippen LogP contribution in [0.2, 0.25) is 0 Å². The highest BCUT2D eigenvalue weighted by Gasteiger charge is 2.26. The van der Waals surface area contributed by atoms with Crippen LogP contribution in [0.1, 0.15) is 20.0 Å². The van der Waals surface area contributed by atoms with Gasteiger partial charge in [-0.2, -0.15) is 0 Å². The Balaban J connectivity index is 1.44. The zero-order valence-corrected chi connectivity index (χ0v) is 14.8. The highest BCUT2D eigenvalue weighted by molar-refractivity contribution is 7.20. The molecule has 2 amide bonds. The quantitative estimate of drug-likeness (QED) is 0.693. The molecule has 1 aliphatic heterocycles. The Morgan fingerprint density at radius 3 is 2.15 bits per heavy atom. The molecule has 0 saturated carbocycles. The Hall–Kier alpha value is -2.73. The van der Waals surface area contributed by atoms with Gasteiger partial charge in [0.1, 0.15) is 5.82 Å². The van der Waals surface area contributed by atoms with E-state index in [0.29, 0.717) is 42.0 Å². The Bertz CT molecular complexity index is 962. The number of carbonyl (C=O) groups excluding carboxylic acids is 2. The average Bonchev–Trinajstić information content (AvgIpc) is 3.13. The molecule has 2 heterocycles. The molecule has 0 aliphatic carbocycles. The summed E-state index contributed by atoms with van der Waals surface area (Å²) in [6.07, 6.45) is 0. The first-order valence-electron chi connectivity index (χ1n) is 8.45. The van der Waals surface area contributed by atoms with E-state index >= 15 is 0 Å². The minimum atomic E-state index is -0.309. The number of halogens is 1. The first-order valence-corrected chi connectivity index (χ1v) is 9.27. The summed E-state index contributed by atoms with van der Waals surface area (Å²) in [7, 11) is 0. The van der Waals surface area contributed by atoms with Crippen molar-refractivity contribution in [1.29, 1.82) is 0 Å². The van der Waals surface area contributed by atoms with Crippen molar-refractivity contribution in [3.05, 3.63) is 70.9 Å². The number of thiophene rings is 1. The number of nitrogens with zero attached hydrogens (tertiary/aromatic N) is 2. The van der Waals surface area contributed by atoms with Crippen LogP contribution in [-0.2, 0) is 0 Å². The number of hydrogen-bond donors (Lipinski definition) is 0. The first-order chi connectivity index (χ1) is 12.6. The maximum atomic E-state index is 13.8. The van der Waals surface area contributed by atoms with Crippen LogP contribution < -0.4 is 0 Å². The summed E-state index contributed by atoms with van der Waals surface area (Å²) in [5.41, 5.74) is 0.659. The molecule has 132 valence electrons. The van der Waals surface area contributed by atoms with Gasteiger partial charge in [-0.05, 0) is 30.3 Å². The van der Waals surface area contributed by atoms with Gasteiger partial charge in [0.25, 0.3) is 11.8 Å². The highest BCUT2D eigenvalue weighted by atomic mass is 32.1. The minimum absolute atomic E-state index is 0.0124. The van der Waals surface area contributed by atoms with Gasteiger partial charge in [0.2, 0.25) is 0 Å². The summed E-state index contributed by atoms with van der Waals surface area (Å²) in [4.78, 5) is 29.3. The molecule has 1 saturated heterocycles. The molecule has 6 heteroatoms. The molecule has 0 radical (unpaired) electrons. The van der Waals surface area contributed by atoms with Crippen molar-refractivity contribution < 1.29 is 14.0 Å². The second kappa shape index (κ2) is 6.88. The lowest BCUT2D eigenvalue weighted by Crippen LogP contribution is -2.50. The van der Waals surface area contributed by atoms with Gasteiger partial charge in [0.05, 0.1) is 4.88 Å². The van der Waals surface area contributed by atoms with Gasteiger partial charge in [0, 0.05) is 41.8 Å². The molecule has 3 aromatic rings. The first kappa shape index (κ1) is 16.7. The van der Waals surface area contributed by atoms with E-state index in [1.54, 1.807) is 34.1 Å². The lowest BCUT2D eigenvalue weighted by Gasteiger charge is -2.34. The number of piperazine rings is 1. The van der Waals surface area contributed by atoms with Crippen molar-refractivity contribution in [3.8, 4) is 0 Å². The van der Waals surface area contributed by atoms with Crippen LogP contribution in [-0.4, -0.2) is 47.8 Å². The molecule has 1 fully saturated rings. The SMILES string of the molecule is O=C(c1ccccc1)N1CCN(C(=O)c2cc3c(F)cccc3s2)CC1. The largest absolute Gasteiger partial charge is 0.335 e. The molecule has 26 heavy (non-hydrogen) atoms. The van der Waals surface area contributed by atoms with Crippen molar-refractivity contribution in [2.45, 2.75) is 0 Å². The fraction of sp³-hybridized carbons (Fsp3) is 0.200. The Labute approximate surface area is 154 Å². The molecule has 1 aliphatic rings. The van der Waals surface area contributed by atoms with Crippen LogP contribution in [0, 0.1) is 5.82 Å². The monoisotopic (exact) mass is 368 g/mol. The number of rotatable bonds is 2. The van der Waals surface area contributed by atoms with Crippen molar-refractivity contribution in [2.75, 3.05) is 26.2 Å². The predicted octanol–water partition coefficient (Wildman–Crippen LogP) is 3.64. The molecule has 2 aromatic carbocycles. The molecule has 4 nitrogen and oxygen atoms in total. The highest BCUT2D eigenvalue weighted by Crippen LogP contribution is 2.28. The summed E-state index contributed by atoms with van der Waals surface area (Å²) in [6.45, 7) is 1.96. The zero-order valence-electron chi connectivity index (χ0n) is 14.0. The van der Waals surface area contributed by atoms with Gasteiger partial charge in [-0.15, -0.1) is 11.3 Å². The van der Waals surface area contributed by atoms with E-state index in [4.69, 9.17) is 0 Å². The van der Waals surface area contributed by atoms with Crippen LogP contribution in [0.15, 0.2) is 54.6 Å². The molecular formula is C20H17FN2O2S. The maximum Gasteiger partial charge on any atom is 0.264 e. The average molecular weight is 368 g/mol. The van der Waals surface area contributed by atoms with Crippen molar-refractivity contribution >= 4 is 33.2 Å². The van der Waals surface area contributed by atoms with Gasteiger partial charge in [-0.25, -0.2) is 4.39 Å². The smallest absolute Gasteiger partial charge is 0.264 e. The predicted molar refractivity (Wildman–Crippen MR) is 100 cm³/mol.